The molecule has 4 rings (SSSR count). The number of nitrogens with zero attached hydrogens (tertiary/aromatic N) is 6. The molecule has 12 heteroatoms. The predicted octanol–water partition coefficient (Wildman–Crippen LogP) is 2.87. The van der Waals surface area contributed by atoms with Crippen LogP contribution in [-0.4, -0.2) is 65.5 Å². The van der Waals surface area contributed by atoms with E-state index < -0.39 is 12.5 Å². The average molecular weight is 498 g/mol. The molecule has 0 unspecified atom stereocenters. The van der Waals surface area contributed by atoms with Gasteiger partial charge in [-0.3, -0.25) is 14.4 Å². The second kappa shape index (κ2) is 11.0. The van der Waals surface area contributed by atoms with E-state index in [0.29, 0.717) is 36.7 Å². The Bertz CT molecular complexity index is 1250. The summed E-state index contributed by atoms with van der Waals surface area (Å²) >= 11 is 0. The highest BCUT2D eigenvalue weighted by atomic mass is 19.3. The molecule has 36 heavy (non-hydrogen) atoms. The number of ether oxygens (including phenoxy) is 2. The molecular weight excluding hydrogens is 472 g/mol. The molecule has 1 saturated heterocycles. The van der Waals surface area contributed by atoms with Crippen LogP contribution in [0.25, 0.3) is 0 Å². The van der Waals surface area contributed by atoms with Crippen molar-refractivity contribution in [3.05, 3.63) is 59.4 Å². The molecule has 10 nitrogen and oxygen atoms in total. The number of anilines is 2. The second-order valence-electron chi connectivity index (χ2n) is 8.17. The first-order valence-corrected chi connectivity index (χ1v) is 11.2. The number of rotatable bonds is 8. The number of hydrogen-bond acceptors (Lipinski definition) is 8. The summed E-state index contributed by atoms with van der Waals surface area (Å²) in [7, 11) is 3.13. The molecule has 1 N–H and O–H groups in total. The molecule has 0 saturated carbocycles. The van der Waals surface area contributed by atoms with Crippen LogP contribution >= 0.6 is 0 Å². The standard InChI is InChI=1S/C24H25F2N7O3/c1-31-15-19(23(30-31)35-2)22(34)29-20-11-17(12-27)13-28-21(20)33-9-7-32(8-10-33)14-16-3-5-18(6-4-16)36-24(25)26/h3-6,11,13,15,24H,7-10,14H2,1-2H3,(H,29,34). The van der Waals surface area contributed by atoms with Crippen LogP contribution in [0.3, 0.4) is 0 Å². The maximum Gasteiger partial charge on any atom is 0.387 e. The number of hydrogen-bond donors (Lipinski definition) is 1. The first-order chi connectivity index (χ1) is 17.4. The molecule has 1 amide bonds. The molecule has 3 heterocycles. The van der Waals surface area contributed by atoms with Crippen LogP contribution in [0.15, 0.2) is 42.7 Å². The summed E-state index contributed by atoms with van der Waals surface area (Å²) in [5.74, 6) is 0.474. The molecule has 1 aliphatic rings. The maximum absolute atomic E-state index is 12.9. The van der Waals surface area contributed by atoms with Gasteiger partial charge in [0.2, 0.25) is 5.88 Å². The molecule has 2 aromatic heterocycles. The Morgan fingerprint density at radius 1 is 1.22 bits per heavy atom. The molecule has 0 spiro atoms. The highest BCUT2D eigenvalue weighted by molar-refractivity contribution is 6.07. The Balaban J connectivity index is 1.43. The average Bonchev–Trinajstić information content (AvgIpc) is 3.26. The highest BCUT2D eigenvalue weighted by Gasteiger charge is 2.23. The van der Waals surface area contributed by atoms with Gasteiger partial charge in [0.1, 0.15) is 17.4 Å². The summed E-state index contributed by atoms with van der Waals surface area (Å²) in [6.45, 7) is 0.547. The van der Waals surface area contributed by atoms with Crippen LogP contribution in [0.2, 0.25) is 0 Å². The number of methoxy groups -OCH3 is 1. The predicted molar refractivity (Wildman–Crippen MR) is 127 cm³/mol. The van der Waals surface area contributed by atoms with Gasteiger partial charge in [0.15, 0.2) is 5.82 Å². The molecule has 1 aromatic carbocycles. The first-order valence-electron chi connectivity index (χ1n) is 11.2. The van der Waals surface area contributed by atoms with Gasteiger partial charge in [-0.2, -0.15) is 14.0 Å². The first kappa shape index (κ1) is 24.9. The van der Waals surface area contributed by atoms with E-state index in [4.69, 9.17) is 4.74 Å². The normalized spacial score (nSPS) is 13.9. The molecular formula is C24H25F2N7O3. The number of pyridine rings is 1. The van der Waals surface area contributed by atoms with Crippen molar-refractivity contribution in [1.29, 1.82) is 5.26 Å². The third-order valence-electron chi connectivity index (χ3n) is 5.70. The van der Waals surface area contributed by atoms with E-state index in [9.17, 15) is 18.8 Å². The number of halogens is 2. The Morgan fingerprint density at radius 2 is 1.94 bits per heavy atom. The van der Waals surface area contributed by atoms with Crippen molar-refractivity contribution < 1.29 is 23.0 Å². The van der Waals surface area contributed by atoms with Gasteiger partial charge in [-0.1, -0.05) is 12.1 Å². The SMILES string of the molecule is COc1nn(C)cc1C(=O)Nc1cc(C#N)cnc1N1CCN(Cc2ccc(OC(F)F)cc2)CC1. The minimum Gasteiger partial charge on any atom is -0.479 e. The molecule has 0 bridgehead atoms. The lowest BCUT2D eigenvalue weighted by atomic mass is 10.2. The summed E-state index contributed by atoms with van der Waals surface area (Å²) in [6, 6.07) is 10.3. The lowest BCUT2D eigenvalue weighted by molar-refractivity contribution is -0.0498. The molecule has 0 aliphatic carbocycles. The fourth-order valence-corrected chi connectivity index (χ4v) is 3.98. The summed E-state index contributed by atoms with van der Waals surface area (Å²) in [5.41, 5.74) is 2.00. The van der Waals surface area contributed by atoms with E-state index in [1.807, 2.05) is 4.90 Å². The van der Waals surface area contributed by atoms with E-state index in [-0.39, 0.29) is 17.2 Å². The topological polar surface area (TPSA) is 109 Å². The monoisotopic (exact) mass is 497 g/mol. The summed E-state index contributed by atoms with van der Waals surface area (Å²) < 4.78 is 35.8. The van der Waals surface area contributed by atoms with Gasteiger partial charge in [-0.15, -0.1) is 5.10 Å². The van der Waals surface area contributed by atoms with Crippen LogP contribution in [0.5, 0.6) is 11.6 Å². The van der Waals surface area contributed by atoms with Gasteiger partial charge in [-0.25, -0.2) is 4.98 Å². The van der Waals surface area contributed by atoms with E-state index in [0.717, 1.165) is 18.7 Å². The number of nitriles is 1. The van der Waals surface area contributed by atoms with Gasteiger partial charge >= 0.3 is 6.61 Å². The van der Waals surface area contributed by atoms with Gasteiger partial charge in [-0.05, 0) is 23.8 Å². The zero-order chi connectivity index (χ0) is 25.7. The lowest BCUT2D eigenvalue weighted by Crippen LogP contribution is -2.46. The minimum atomic E-state index is -2.85. The largest absolute Gasteiger partial charge is 0.479 e. The fourth-order valence-electron chi connectivity index (χ4n) is 3.98. The van der Waals surface area contributed by atoms with Gasteiger partial charge in [0, 0.05) is 52.2 Å². The molecule has 3 aromatic rings. The Labute approximate surface area is 206 Å². The zero-order valence-corrected chi connectivity index (χ0v) is 19.8. The third kappa shape index (κ3) is 5.87. The van der Waals surface area contributed by atoms with E-state index in [2.05, 4.69) is 31.1 Å². The number of alkyl halides is 2. The number of amides is 1. The number of carbonyl (C=O) groups is 1. The van der Waals surface area contributed by atoms with E-state index in [1.165, 1.54) is 30.1 Å². The van der Waals surface area contributed by atoms with Crippen molar-refractivity contribution in [2.75, 3.05) is 43.5 Å². The van der Waals surface area contributed by atoms with E-state index in [1.54, 1.807) is 31.4 Å². The Kier molecular flexibility index (Phi) is 7.60. The summed E-state index contributed by atoms with van der Waals surface area (Å²) in [6.07, 6.45) is 3.03. The fraction of sp³-hybridized carbons (Fsp3) is 0.333. The number of aromatic nitrogens is 3. The summed E-state index contributed by atoms with van der Waals surface area (Å²) in [5, 5.41) is 16.3. The number of piperazine rings is 1. The van der Waals surface area contributed by atoms with Crippen LogP contribution in [-0.2, 0) is 13.6 Å². The Hall–Kier alpha value is -4.24. The molecule has 0 radical (unpaired) electrons. The van der Waals surface area contributed by atoms with Crippen molar-refractivity contribution in [1.82, 2.24) is 19.7 Å². The molecule has 0 atom stereocenters. The maximum atomic E-state index is 12.9. The molecule has 1 aliphatic heterocycles. The number of carbonyl (C=O) groups excluding carboxylic acids is 1. The minimum absolute atomic E-state index is 0.129. The zero-order valence-electron chi connectivity index (χ0n) is 19.8. The molecule has 1 fully saturated rings. The van der Waals surface area contributed by atoms with Crippen molar-refractivity contribution in [2.24, 2.45) is 7.05 Å². The van der Waals surface area contributed by atoms with Crippen molar-refractivity contribution in [3.63, 3.8) is 0 Å². The van der Waals surface area contributed by atoms with Crippen molar-refractivity contribution in [3.8, 4) is 17.7 Å². The van der Waals surface area contributed by atoms with Gasteiger partial charge in [0.25, 0.3) is 5.91 Å². The number of aryl methyl sites for hydroxylation is 1. The lowest BCUT2D eigenvalue weighted by Gasteiger charge is -2.36. The smallest absolute Gasteiger partial charge is 0.387 e. The highest BCUT2D eigenvalue weighted by Crippen LogP contribution is 2.27. The van der Waals surface area contributed by atoms with Crippen molar-refractivity contribution in [2.45, 2.75) is 13.2 Å². The van der Waals surface area contributed by atoms with Gasteiger partial charge < -0.3 is 19.7 Å². The Morgan fingerprint density at radius 3 is 2.58 bits per heavy atom. The number of nitrogens with one attached hydrogen (secondary N) is 1. The second-order valence-corrected chi connectivity index (χ2v) is 8.17. The van der Waals surface area contributed by atoms with Crippen LogP contribution < -0.4 is 19.7 Å². The van der Waals surface area contributed by atoms with Crippen molar-refractivity contribution >= 4 is 17.4 Å². The third-order valence-corrected chi connectivity index (χ3v) is 5.70. The van der Waals surface area contributed by atoms with Crippen LogP contribution in [0.4, 0.5) is 20.3 Å². The summed E-state index contributed by atoms with van der Waals surface area (Å²) in [4.78, 5) is 21.7. The quantitative estimate of drug-likeness (QED) is 0.506. The van der Waals surface area contributed by atoms with Gasteiger partial charge in [0.05, 0.1) is 18.4 Å². The van der Waals surface area contributed by atoms with Crippen LogP contribution in [0.1, 0.15) is 21.5 Å². The number of benzene rings is 1. The van der Waals surface area contributed by atoms with E-state index >= 15 is 0 Å². The molecule has 188 valence electrons. The van der Waals surface area contributed by atoms with Crippen LogP contribution in [0, 0.1) is 11.3 Å².